The third-order valence-corrected chi connectivity index (χ3v) is 6.97. The largest absolute Gasteiger partial charge is 0.748 e. The Kier molecular flexibility index (Phi) is 7.91. The van der Waals surface area contributed by atoms with Crippen LogP contribution in [0.5, 0.6) is 0 Å². The highest BCUT2D eigenvalue weighted by Crippen LogP contribution is 2.45. The summed E-state index contributed by atoms with van der Waals surface area (Å²) in [5, 5.41) is 3.53. The quantitative estimate of drug-likeness (QED) is 0.421. The summed E-state index contributed by atoms with van der Waals surface area (Å²) in [7, 11) is -0.546. The molecule has 1 heterocycles. The Morgan fingerprint density at radius 2 is 1.13 bits per heavy atom. The molecule has 9 nitrogen and oxygen atoms in total. The second-order valence-electron chi connectivity index (χ2n) is 7.17. The molecule has 0 aromatic heterocycles. The van der Waals surface area contributed by atoms with E-state index in [1.165, 1.54) is 42.3 Å². The molecule has 2 aromatic carbocycles. The molecule has 0 bridgehead atoms. The Hall–Kier alpha value is -1.67. The number of hydrogen-bond donors (Lipinski definition) is 3. The van der Waals surface area contributed by atoms with Crippen molar-refractivity contribution < 1.29 is 35.7 Å². The van der Waals surface area contributed by atoms with Gasteiger partial charge in [-0.05, 0) is 12.1 Å². The number of rotatable bonds is 5. The van der Waals surface area contributed by atoms with Crippen molar-refractivity contribution in [1.29, 1.82) is 0 Å². The van der Waals surface area contributed by atoms with Gasteiger partial charge in [-0.25, -0.2) is 16.8 Å². The highest BCUT2D eigenvalue weighted by atomic mass is 32.2. The third-order valence-electron chi connectivity index (χ3n) is 4.19. The molecular formula is C18H25N3O6S3. The lowest BCUT2D eigenvalue weighted by atomic mass is 10.2. The van der Waals surface area contributed by atoms with Gasteiger partial charge in [0.2, 0.25) is 0 Å². The van der Waals surface area contributed by atoms with Gasteiger partial charge >= 0.3 is 0 Å². The highest BCUT2D eigenvalue weighted by molar-refractivity contribution is 7.99. The Morgan fingerprint density at radius 3 is 1.43 bits per heavy atom. The predicted molar refractivity (Wildman–Crippen MR) is 114 cm³/mol. The van der Waals surface area contributed by atoms with Crippen LogP contribution in [0.1, 0.15) is 0 Å². The van der Waals surface area contributed by atoms with Gasteiger partial charge in [0.05, 0.1) is 71.3 Å². The molecule has 0 saturated carbocycles. The fourth-order valence-corrected chi connectivity index (χ4v) is 5.21. The molecule has 3 rings (SSSR count). The summed E-state index contributed by atoms with van der Waals surface area (Å²) in [5.74, 6) is -2.31. The van der Waals surface area contributed by atoms with Crippen LogP contribution in [0.2, 0.25) is 0 Å². The number of quaternary nitrogens is 2. The van der Waals surface area contributed by atoms with E-state index in [-0.39, 0.29) is 0 Å². The predicted octanol–water partition coefficient (Wildman–Crippen LogP) is -0.476. The minimum absolute atomic E-state index is 1.15. The lowest BCUT2D eigenvalue weighted by molar-refractivity contribution is -0.786. The molecule has 0 atom stereocenters. The zero-order valence-electron chi connectivity index (χ0n) is 17.1. The van der Waals surface area contributed by atoms with Gasteiger partial charge < -0.3 is 24.2 Å². The summed E-state index contributed by atoms with van der Waals surface area (Å²) in [6, 6.07) is 13.3. The number of fused-ring (bicyclic) bond motifs is 2. The van der Waals surface area contributed by atoms with E-state index in [1.54, 1.807) is 0 Å². The van der Waals surface area contributed by atoms with Gasteiger partial charge in [-0.2, -0.15) is 0 Å². The molecule has 2 aromatic rings. The minimum atomic E-state index is -4.59. The van der Waals surface area contributed by atoms with Crippen molar-refractivity contribution in [3.8, 4) is 0 Å². The maximum atomic E-state index is 9.72. The molecule has 166 valence electrons. The summed E-state index contributed by atoms with van der Waals surface area (Å²) in [6.07, 6.45) is 0. The van der Waals surface area contributed by atoms with Crippen LogP contribution in [0.25, 0.3) is 0 Å². The van der Waals surface area contributed by atoms with E-state index in [4.69, 9.17) is 0 Å². The normalized spacial score (nSPS) is 13.2. The molecule has 1 aliphatic rings. The Labute approximate surface area is 181 Å². The standard InChI is InChI=1S/C16H19N3S.C2H6O6S2/c1-18(2)11-5-7-13-15(9-11)20-16-10-12(19(3)4)6-8-14(16)17-13;3-9(4,5)1-2-10(6,7)8/h5-10,17H,1-4H3;1-2H2,(H,3,4,5)(H,6,7,8). The van der Waals surface area contributed by atoms with E-state index >= 15 is 0 Å². The SMILES string of the molecule is C[NH+](C)c1ccc2c(c1)Sc1cc([NH+](C)C)ccc1N2.O=S(=O)([O-])CCS(=O)(=O)[O-]. The number of anilines is 2. The van der Waals surface area contributed by atoms with E-state index in [0.717, 1.165) is 0 Å². The van der Waals surface area contributed by atoms with Crippen molar-refractivity contribution in [2.75, 3.05) is 45.0 Å². The molecule has 0 aliphatic carbocycles. The fourth-order valence-electron chi connectivity index (χ4n) is 2.51. The molecule has 1 aliphatic heterocycles. The van der Waals surface area contributed by atoms with Gasteiger partial charge in [-0.1, -0.05) is 11.8 Å². The van der Waals surface area contributed by atoms with Crippen molar-refractivity contribution in [3.63, 3.8) is 0 Å². The van der Waals surface area contributed by atoms with E-state index in [9.17, 15) is 25.9 Å². The molecule has 0 saturated heterocycles. The van der Waals surface area contributed by atoms with Crippen molar-refractivity contribution in [2.45, 2.75) is 9.79 Å². The molecular weight excluding hydrogens is 450 g/mol. The van der Waals surface area contributed by atoms with Gasteiger partial charge in [-0.3, -0.25) is 0 Å². The van der Waals surface area contributed by atoms with Crippen LogP contribution in [-0.2, 0) is 20.2 Å². The number of nitrogens with one attached hydrogen (secondary N) is 3. The van der Waals surface area contributed by atoms with Gasteiger partial charge in [-0.15, -0.1) is 0 Å². The molecule has 0 radical (unpaired) electrons. The molecule has 12 heteroatoms. The van der Waals surface area contributed by atoms with Crippen molar-refractivity contribution in [2.24, 2.45) is 0 Å². The van der Waals surface area contributed by atoms with Crippen LogP contribution in [0.3, 0.4) is 0 Å². The summed E-state index contributed by atoms with van der Waals surface area (Å²) < 4.78 is 58.3. The minimum Gasteiger partial charge on any atom is -0.748 e. The van der Waals surface area contributed by atoms with Crippen LogP contribution < -0.4 is 15.1 Å². The Bertz CT molecular complexity index is 1030. The zero-order chi connectivity index (χ0) is 22.7. The van der Waals surface area contributed by atoms with E-state index < -0.39 is 31.7 Å². The fraction of sp³-hybridized carbons (Fsp3) is 0.333. The van der Waals surface area contributed by atoms with Crippen LogP contribution in [0, 0.1) is 0 Å². The van der Waals surface area contributed by atoms with E-state index in [0.29, 0.717) is 0 Å². The summed E-state index contributed by atoms with van der Waals surface area (Å²) in [6.45, 7) is 0. The molecule has 0 amide bonds. The Balaban J connectivity index is 0.000000274. The lowest BCUT2D eigenvalue weighted by Gasteiger charge is -2.22. The average molecular weight is 476 g/mol. The summed E-state index contributed by atoms with van der Waals surface area (Å²) in [4.78, 5) is 5.32. The first-order valence-electron chi connectivity index (χ1n) is 8.96. The van der Waals surface area contributed by atoms with Crippen molar-refractivity contribution >= 4 is 54.7 Å². The lowest BCUT2D eigenvalue weighted by Crippen LogP contribution is -3.00. The van der Waals surface area contributed by atoms with E-state index in [2.05, 4.69) is 69.9 Å². The van der Waals surface area contributed by atoms with Crippen molar-refractivity contribution in [1.82, 2.24) is 0 Å². The topological polar surface area (TPSA) is 135 Å². The van der Waals surface area contributed by atoms with Crippen LogP contribution >= 0.6 is 11.8 Å². The second-order valence-corrected chi connectivity index (χ2v) is 11.3. The first-order chi connectivity index (χ1) is 13.7. The Morgan fingerprint density at radius 1 is 0.767 bits per heavy atom. The second kappa shape index (κ2) is 9.64. The summed E-state index contributed by atoms with van der Waals surface area (Å²) >= 11 is 1.86. The first kappa shape index (κ1) is 24.6. The van der Waals surface area contributed by atoms with E-state index in [1.807, 2.05) is 11.8 Å². The monoisotopic (exact) mass is 475 g/mol. The molecule has 30 heavy (non-hydrogen) atoms. The molecule has 0 fully saturated rings. The maximum Gasteiger partial charge on any atom is 0.132 e. The van der Waals surface area contributed by atoms with Crippen LogP contribution in [0.15, 0.2) is 46.2 Å². The average Bonchev–Trinajstić information content (AvgIpc) is 2.63. The van der Waals surface area contributed by atoms with Crippen molar-refractivity contribution in [3.05, 3.63) is 36.4 Å². The number of hydrogen-bond acceptors (Lipinski definition) is 8. The highest BCUT2D eigenvalue weighted by Gasteiger charge is 2.19. The van der Waals surface area contributed by atoms with Gasteiger partial charge in [0.15, 0.2) is 0 Å². The smallest absolute Gasteiger partial charge is 0.132 e. The maximum absolute atomic E-state index is 9.72. The van der Waals surface area contributed by atoms with Gasteiger partial charge in [0.25, 0.3) is 0 Å². The molecule has 0 unspecified atom stereocenters. The molecule has 0 spiro atoms. The number of benzene rings is 2. The first-order valence-corrected chi connectivity index (χ1v) is 12.9. The van der Waals surface area contributed by atoms with Crippen LogP contribution in [-0.4, -0.2) is 65.6 Å². The summed E-state index contributed by atoms with van der Waals surface area (Å²) in [5.41, 5.74) is 5.04. The van der Waals surface area contributed by atoms with Gasteiger partial charge in [0.1, 0.15) is 11.4 Å². The zero-order valence-corrected chi connectivity index (χ0v) is 19.5. The van der Waals surface area contributed by atoms with Gasteiger partial charge in [0, 0.05) is 34.1 Å². The molecule has 3 N–H and O–H groups in total. The van der Waals surface area contributed by atoms with Crippen LogP contribution in [0.4, 0.5) is 22.7 Å². The third kappa shape index (κ3) is 7.54.